The summed E-state index contributed by atoms with van der Waals surface area (Å²) in [5.74, 6) is 0.399. The summed E-state index contributed by atoms with van der Waals surface area (Å²) in [4.78, 5) is 14.9. The quantitative estimate of drug-likeness (QED) is 0.825. The Balaban J connectivity index is 1.82. The second-order valence-electron chi connectivity index (χ2n) is 7.38. The zero-order valence-electron chi connectivity index (χ0n) is 15.1. The lowest BCUT2D eigenvalue weighted by Crippen LogP contribution is -2.42. The van der Waals surface area contributed by atoms with Gasteiger partial charge in [-0.3, -0.25) is 4.79 Å². The number of rotatable bonds is 4. The molecule has 1 saturated heterocycles. The van der Waals surface area contributed by atoms with Gasteiger partial charge >= 0.3 is 0 Å². The highest BCUT2D eigenvalue weighted by Crippen LogP contribution is 2.29. The van der Waals surface area contributed by atoms with E-state index in [4.69, 9.17) is 0 Å². The van der Waals surface area contributed by atoms with Crippen LogP contribution in [0.2, 0.25) is 0 Å². The molecule has 0 aromatic heterocycles. The van der Waals surface area contributed by atoms with Gasteiger partial charge in [0.05, 0.1) is 4.90 Å². The topological polar surface area (TPSA) is 57.7 Å². The molecule has 2 aliphatic rings. The van der Waals surface area contributed by atoms with E-state index in [1.165, 1.54) is 10.7 Å². The van der Waals surface area contributed by atoms with Crippen molar-refractivity contribution < 1.29 is 13.2 Å². The summed E-state index contributed by atoms with van der Waals surface area (Å²) in [5.41, 5.74) is 0.459. The zero-order chi connectivity index (χ0) is 18.0. The first kappa shape index (κ1) is 18.4. The Morgan fingerprint density at radius 3 is 2.48 bits per heavy atom. The molecule has 6 heteroatoms. The van der Waals surface area contributed by atoms with Gasteiger partial charge in [-0.2, -0.15) is 4.31 Å². The second kappa shape index (κ2) is 7.46. The molecule has 1 aromatic rings. The maximum Gasteiger partial charge on any atom is 0.253 e. The Kier molecular flexibility index (Phi) is 5.49. The van der Waals surface area contributed by atoms with Crippen molar-refractivity contribution in [1.29, 1.82) is 0 Å². The van der Waals surface area contributed by atoms with Crippen LogP contribution in [0.25, 0.3) is 0 Å². The van der Waals surface area contributed by atoms with Crippen molar-refractivity contribution in [2.75, 3.05) is 20.1 Å². The number of hydrogen-bond donors (Lipinski definition) is 0. The normalized spacial score (nSPS) is 25.0. The summed E-state index contributed by atoms with van der Waals surface area (Å²) in [6.45, 7) is 3.34. The van der Waals surface area contributed by atoms with Gasteiger partial charge in [-0.25, -0.2) is 8.42 Å². The molecule has 0 bridgehead atoms. The monoisotopic (exact) mass is 364 g/mol. The number of amides is 1. The van der Waals surface area contributed by atoms with Gasteiger partial charge in [0.15, 0.2) is 0 Å². The summed E-state index contributed by atoms with van der Waals surface area (Å²) < 4.78 is 27.0. The number of hydrogen-bond acceptors (Lipinski definition) is 3. The van der Waals surface area contributed by atoms with E-state index in [-0.39, 0.29) is 16.8 Å². The molecule has 25 heavy (non-hydrogen) atoms. The van der Waals surface area contributed by atoms with Crippen LogP contribution in [-0.2, 0) is 10.0 Å². The standard InChI is InChI=1S/C19H28N2O3S/c1-15-8-3-4-11-18(15)20(2)19(22)16-9-7-10-17(14-16)25(23,24)21-12-5-6-13-21/h7,9-10,14-15,18H,3-6,8,11-13H2,1-2H3. The minimum atomic E-state index is -3.49. The highest BCUT2D eigenvalue weighted by Gasteiger charge is 2.30. The molecular formula is C19H28N2O3S. The van der Waals surface area contributed by atoms with Crippen LogP contribution in [0.5, 0.6) is 0 Å². The van der Waals surface area contributed by atoms with E-state index in [2.05, 4.69) is 6.92 Å². The molecule has 1 saturated carbocycles. The molecule has 1 aliphatic heterocycles. The lowest BCUT2D eigenvalue weighted by atomic mass is 9.85. The number of carbonyl (C=O) groups is 1. The molecule has 5 nitrogen and oxygen atoms in total. The molecular weight excluding hydrogens is 336 g/mol. The molecule has 1 amide bonds. The van der Waals surface area contributed by atoms with E-state index >= 15 is 0 Å². The molecule has 2 unspecified atom stereocenters. The van der Waals surface area contributed by atoms with Crippen LogP contribution >= 0.6 is 0 Å². The van der Waals surface area contributed by atoms with Crippen LogP contribution in [0, 0.1) is 5.92 Å². The third-order valence-corrected chi connectivity index (χ3v) is 7.56. The van der Waals surface area contributed by atoms with Gasteiger partial charge in [-0.1, -0.05) is 25.8 Å². The van der Waals surface area contributed by atoms with Crippen molar-refractivity contribution in [1.82, 2.24) is 9.21 Å². The van der Waals surface area contributed by atoms with Crippen molar-refractivity contribution in [2.24, 2.45) is 5.92 Å². The average Bonchev–Trinajstić information content (AvgIpc) is 3.16. The lowest BCUT2D eigenvalue weighted by molar-refractivity contribution is 0.0628. The lowest BCUT2D eigenvalue weighted by Gasteiger charge is -2.36. The Morgan fingerprint density at radius 2 is 1.80 bits per heavy atom. The van der Waals surface area contributed by atoms with Gasteiger partial charge in [0, 0.05) is 31.7 Å². The predicted molar refractivity (Wildman–Crippen MR) is 97.9 cm³/mol. The number of carbonyl (C=O) groups excluding carboxylic acids is 1. The second-order valence-corrected chi connectivity index (χ2v) is 9.32. The summed E-state index contributed by atoms with van der Waals surface area (Å²) in [5, 5.41) is 0. The van der Waals surface area contributed by atoms with E-state index in [9.17, 15) is 13.2 Å². The summed E-state index contributed by atoms with van der Waals surface area (Å²) in [6, 6.07) is 6.76. The van der Waals surface area contributed by atoms with Gasteiger partial charge in [-0.15, -0.1) is 0 Å². The number of nitrogens with zero attached hydrogens (tertiary/aromatic N) is 2. The number of benzene rings is 1. The van der Waals surface area contributed by atoms with Gasteiger partial charge in [0.2, 0.25) is 10.0 Å². The Morgan fingerprint density at radius 1 is 1.12 bits per heavy atom. The molecule has 1 aliphatic carbocycles. The molecule has 0 spiro atoms. The summed E-state index contributed by atoms with van der Waals surface area (Å²) in [7, 11) is -1.65. The average molecular weight is 365 g/mol. The molecule has 138 valence electrons. The Hall–Kier alpha value is -1.40. The van der Waals surface area contributed by atoms with Crippen LogP contribution in [0.1, 0.15) is 55.8 Å². The highest BCUT2D eigenvalue weighted by molar-refractivity contribution is 7.89. The van der Waals surface area contributed by atoms with Crippen LogP contribution in [0.4, 0.5) is 0 Å². The van der Waals surface area contributed by atoms with Gasteiger partial charge in [-0.05, 0) is 49.8 Å². The molecule has 3 rings (SSSR count). The third kappa shape index (κ3) is 3.75. The largest absolute Gasteiger partial charge is 0.338 e. The third-order valence-electron chi connectivity index (χ3n) is 5.67. The minimum Gasteiger partial charge on any atom is -0.338 e. The Labute approximate surface area is 151 Å². The van der Waals surface area contributed by atoms with Crippen molar-refractivity contribution >= 4 is 15.9 Å². The van der Waals surface area contributed by atoms with Crippen molar-refractivity contribution in [3.05, 3.63) is 29.8 Å². The maximum absolute atomic E-state index is 12.9. The first-order chi connectivity index (χ1) is 11.9. The van der Waals surface area contributed by atoms with Crippen molar-refractivity contribution in [3.63, 3.8) is 0 Å². The molecule has 0 radical (unpaired) electrons. The fourth-order valence-electron chi connectivity index (χ4n) is 4.09. The van der Waals surface area contributed by atoms with Crippen molar-refractivity contribution in [2.45, 2.75) is 56.4 Å². The molecule has 0 N–H and O–H groups in total. The maximum atomic E-state index is 12.9. The van der Waals surface area contributed by atoms with E-state index in [1.807, 2.05) is 11.9 Å². The SMILES string of the molecule is CC1CCCCC1N(C)C(=O)c1cccc(S(=O)(=O)N2CCCC2)c1. The Bertz CT molecular complexity index is 726. The van der Waals surface area contributed by atoms with E-state index in [0.29, 0.717) is 24.6 Å². The van der Waals surface area contributed by atoms with Gasteiger partial charge in [0.1, 0.15) is 0 Å². The smallest absolute Gasteiger partial charge is 0.253 e. The molecule has 2 atom stereocenters. The van der Waals surface area contributed by atoms with Crippen LogP contribution < -0.4 is 0 Å². The highest BCUT2D eigenvalue weighted by atomic mass is 32.2. The van der Waals surface area contributed by atoms with Crippen LogP contribution in [0.15, 0.2) is 29.2 Å². The van der Waals surface area contributed by atoms with E-state index in [0.717, 1.165) is 32.1 Å². The fourth-order valence-corrected chi connectivity index (χ4v) is 5.66. The van der Waals surface area contributed by atoms with Gasteiger partial charge < -0.3 is 4.90 Å². The molecule has 1 aromatic carbocycles. The first-order valence-electron chi connectivity index (χ1n) is 9.28. The van der Waals surface area contributed by atoms with E-state index in [1.54, 1.807) is 24.3 Å². The summed E-state index contributed by atoms with van der Waals surface area (Å²) >= 11 is 0. The van der Waals surface area contributed by atoms with Crippen LogP contribution in [-0.4, -0.2) is 49.7 Å². The zero-order valence-corrected chi connectivity index (χ0v) is 16.0. The predicted octanol–water partition coefficient (Wildman–Crippen LogP) is 3.12. The first-order valence-corrected chi connectivity index (χ1v) is 10.7. The molecule has 2 fully saturated rings. The number of sulfonamides is 1. The summed E-state index contributed by atoms with van der Waals surface area (Å²) in [6.07, 6.45) is 6.35. The van der Waals surface area contributed by atoms with Crippen molar-refractivity contribution in [3.8, 4) is 0 Å². The van der Waals surface area contributed by atoms with E-state index < -0.39 is 10.0 Å². The molecule has 1 heterocycles. The van der Waals surface area contributed by atoms with Crippen LogP contribution in [0.3, 0.4) is 0 Å². The minimum absolute atomic E-state index is 0.0859. The van der Waals surface area contributed by atoms with Gasteiger partial charge in [0.25, 0.3) is 5.91 Å². The fraction of sp³-hybridized carbons (Fsp3) is 0.632.